The molecule has 0 heterocycles. The molecular formula is C18H27ClN2O3. The molecule has 0 fully saturated rings. The number of ether oxygens (including phenoxy) is 1. The topological polar surface area (TPSA) is 49.9 Å². The van der Waals surface area contributed by atoms with E-state index in [-0.39, 0.29) is 18.3 Å². The van der Waals surface area contributed by atoms with Crippen molar-refractivity contribution < 1.29 is 14.3 Å². The minimum Gasteiger partial charge on any atom is -0.469 e. The van der Waals surface area contributed by atoms with Gasteiger partial charge in [-0.2, -0.15) is 0 Å². The molecule has 1 aromatic rings. The highest BCUT2D eigenvalue weighted by Crippen LogP contribution is 2.11. The first-order valence-corrected chi connectivity index (χ1v) is 8.69. The average Bonchev–Trinajstić information content (AvgIpc) is 2.59. The predicted octanol–water partition coefficient (Wildman–Crippen LogP) is 2.62. The van der Waals surface area contributed by atoms with E-state index in [2.05, 4.69) is 23.5 Å². The van der Waals surface area contributed by atoms with Crippen molar-refractivity contribution in [3.63, 3.8) is 0 Å². The highest BCUT2D eigenvalue weighted by atomic mass is 35.5. The Morgan fingerprint density at radius 2 is 1.67 bits per heavy atom. The van der Waals surface area contributed by atoms with Crippen LogP contribution in [-0.2, 0) is 20.7 Å². The van der Waals surface area contributed by atoms with Gasteiger partial charge in [0.1, 0.15) is 0 Å². The van der Waals surface area contributed by atoms with Crippen LogP contribution in [0.15, 0.2) is 24.3 Å². The van der Waals surface area contributed by atoms with E-state index in [0.717, 1.165) is 25.2 Å². The Morgan fingerprint density at radius 3 is 2.21 bits per heavy atom. The van der Waals surface area contributed by atoms with Crippen LogP contribution in [0.3, 0.4) is 0 Å². The zero-order chi connectivity index (χ0) is 17.9. The lowest BCUT2D eigenvalue weighted by molar-refractivity contribution is -0.141. The molecule has 0 aromatic heterocycles. The number of methoxy groups -OCH3 is 1. The van der Waals surface area contributed by atoms with E-state index in [1.165, 1.54) is 7.11 Å². The van der Waals surface area contributed by atoms with E-state index >= 15 is 0 Å². The van der Waals surface area contributed by atoms with Crippen molar-refractivity contribution in [3.8, 4) is 0 Å². The first kappa shape index (κ1) is 20.5. The second-order valence-corrected chi connectivity index (χ2v) is 5.97. The summed E-state index contributed by atoms with van der Waals surface area (Å²) >= 11 is 5.88. The van der Waals surface area contributed by atoms with Crippen LogP contribution in [0.4, 0.5) is 0 Å². The number of amides is 1. The van der Waals surface area contributed by atoms with Gasteiger partial charge in [0.2, 0.25) is 5.91 Å². The lowest BCUT2D eigenvalue weighted by Gasteiger charge is -2.26. The normalized spacial score (nSPS) is 10.7. The molecule has 1 aromatic carbocycles. The van der Waals surface area contributed by atoms with Gasteiger partial charge in [-0.1, -0.05) is 37.6 Å². The van der Waals surface area contributed by atoms with Crippen molar-refractivity contribution >= 4 is 23.5 Å². The number of nitrogens with zero attached hydrogens (tertiary/aromatic N) is 2. The third kappa shape index (κ3) is 7.32. The summed E-state index contributed by atoms with van der Waals surface area (Å²) in [6.07, 6.45) is 0.512. The van der Waals surface area contributed by atoms with Crippen LogP contribution in [-0.4, -0.2) is 61.5 Å². The summed E-state index contributed by atoms with van der Waals surface area (Å²) in [5.74, 6) is -0.296. The molecule has 0 saturated heterocycles. The Labute approximate surface area is 149 Å². The number of carbonyl (C=O) groups excluding carboxylic acids is 2. The van der Waals surface area contributed by atoms with Gasteiger partial charge in [0, 0.05) is 24.7 Å². The second kappa shape index (κ2) is 11.0. The molecule has 0 bridgehead atoms. The third-order valence-corrected chi connectivity index (χ3v) is 4.27. The van der Waals surface area contributed by atoms with Gasteiger partial charge in [0.05, 0.1) is 20.0 Å². The first-order valence-electron chi connectivity index (χ1n) is 8.31. The van der Waals surface area contributed by atoms with E-state index < -0.39 is 0 Å². The molecule has 6 heteroatoms. The summed E-state index contributed by atoms with van der Waals surface area (Å²) in [5, 5.41) is 0.648. The van der Waals surface area contributed by atoms with E-state index in [9.17, 15) is 9.59 Å². The van der Waals surface area contributed by atoms with Gasteiger partial charge in [-0.3, -0.25) is 9.59 Å². The van der Waals surface area contributed by atoms with Crippen molar-refractivity contribution in [1.82, 2.24) is 9.80 Å². The smallest absolute Gasteiger partial charge is 0.307 e. The fourth-order valence-electron chi connectivity index (χ4n) is 2.38. The van der Waals surface area contributed by atoms with Gasteiger partial charge in [0.25, 0.3) is 0 Å². The number of esters is 1. The van der Waals surface area contributed by atoms with Crippen LogP contribution in [0.2, 0.25) is 5.02 Å². The Bertz CT molecular complexity index is 516. The van der Waals surface area contributed by atoms with Crippen molar-refractivity contribution in [2.24, 2.45) is 0 Å². The monoisotopic (exact) mass is 354 g/mol. The van der Waals surface area contributed by atoms with Gasteiger partial charge in [0.15, 0.2) is 0 Å². The summed E-state index contributed by atoms with van der Waals surface area (Å²) in [4.78, 5) is 28.0. The molecule has 0 radical (unpaired) electrons. The molecule has 0 aliphatic heterocycles. The maximum atomic E-state index is 12.6. The summed E-state index contributed by atoms with van der Waals surface area (Å²) in [7, 11) is 1.36. The number of carbonyl (C=O) groups is 2. The Kier molecular flexibility index (Phi) is 9.42. The number of halogens is 1. The van der Waals surface area contributed by atoms with Gasteiger partial charge in [-0.15, -0.1) is 0 Å². The fourth-order valence-corrected chi connectivity index (χ4v) is 2.51. The number of hydrogen-bond donors (Lipinski definition) is 0. The summed E-state index contributed by atoms with van der Waals surface area (Å²) in [5.41, 5.74) is 0.912. The van der Waals surface area contributed by atoms with Crippen molar-refractivity contribution in [3.05, 3.63) is 34.9 Å². The Morgan fingerprint density at radius 1 is 1.04 bits per heavy atom. The minimum atomic E-state index is -0.304. The number of hydrogen-bond acceptors (Lipinski definition) is 4. The molecule has 0 spiro atoms. The highest BCUT2D eigenvalue weighted by molar-refractivity contribution is 6.30. The van der Waals surface area contributed by atoms with E-state index in [1.54, 1.807) is 17.0 Å². The van der Waals surface area contributed by atoms with Crippen LogP contribution >= 0.6 is 11.6 Å². The average molecular weight is 355 g/mol. The van der Waals surface area contributed by atoms with Crippen molar-refractivity contribution in [2.75, 3.05) is 39.8 Å². The molecular weight excluding hydrogens is 328 g/mol. The molecule has 24 heavy (non-hydrogen) atoms. The van der Waals surface area contributed by atoms with Crippen LogP contribution in [0, 0.1) is 0 Å². The maximum absolute atomic E-state index is 12.6. The molecule has 134 valence electrons. The molecule has 5 nitrogen and oxygen atoms in total. The standard InChI is InChI=1S/C18H27ClN2O3/c1-4-20(5-2)12-13-21(11-10-18(23)24-3)17(22)14-15-6-8-16(19)9-7-15/h6-9H,4-5,10-14H2,1-3H3. The van der Waals surface area contributed by atoms with Crippen molar-refractivity contribution in [2.45, 2.75) is 26.7 Å². The molecule has 0 aliphatic carbocycles. The summed E-state index contributed by atoms with van der Waals surface area (Å²) in [6.45, 7) is 7.83. The van der Waals surface area contributed by atoms with Gasteiger partial charge < -0.3 is 14.5 Å². The highest BCUT2D eigenvalue weighted by Gasteiger charge is 2.16. The second-order valence-electron chi connectivity index (χ2n) is 5.54. The molecule has 0 N–H and O–H groups in total. The van der Waals surface area contributed by atoms with Gasteiger partial charge >= 0.3 is 5.97 Å². The van der Waals surface area contributed by atoms with Gasteiger partial charge in [-0.25, -0.2) is 0 Å². The zero-order valence-corrected chi connectivity index (χ0v) is 15.5. The van der Waals surface area contributed by atoms with E-state index in [4.69, 9.17) is 11.6 Å². The number of likely N-dealkylation sites (N-methyl/N-ethyl adjacent to an activating group) is 1. The SMILES string of the molecule is CCN(CC)CCN(CCC(=O)OC)C(=O)Cc1ccc(Cl)cc1. The molecule has 0 saturated carbocycles. The van der Waals surface area contributed by atoms with Crippen LogP contribution in [0.1, 0.15) is 25.8 Å². The van der Waals surface area contributed by atoms with Crippen LogP contribution in [0.25, 0.3) is 0 Å². The molecule has 1 rings (SSSR count). The maximum Gasteiger partial charge on any atom is 0.307 e. The quantitative estimate of drug-likeness (QED) is 0.606. The Balaban J connectivity index is 2.68. The van der Waals surface area contributed by atoms with Crippen molar-refractivity contribution in [1.29, 1.82) is 0 Å². The summed E-state index contributed by atoms with van der Waals surface area (Å²) in [6, 6.07) is 7.25. The number of benzene rings is 1. The Hall–Kier alpha value is -1.59. The zero-order valence-electron chi connectivity index (χ0n) is 14.8. The first-order chi connectivity index (χ1) is 11.5. The van der Waals surface area contributed by atoms with Gasteiger partial charge in [-0.05, 0) is 30.8 Å². The molecule has 0 aliphatic rings. The largest absolute Gasteiger partial charge is 0.469 e. The lowest BCUT2D eigenvalue weighted by Crippen LogP contribution is -2.40. The van der Waals surface area contributed by atoms with E-state index in [0.29, 0.717) is 24.5 Å². The fraction of sp³-hybridized carbons (Fsp3) is 0.556. The summed E-state index contributed by atoms with van der Waals surface area (Å²) < 4.78 is 4.68. The minimum absolute atomic E-state index is 0.00776. The van der Waals surface area contributed by atoms with Crippen LogP contribution in [0.5, 0.6) is 0 Å². The van der Waals surface area contributed by atoms with Crippen LogP contribution < -0.4 is 0 Å². The van der Waals surface area contributed by atoms with E-state index in [1.807, 2.05) is 12.1 Å². The predicted molar refractivity (Wildman–Crippen MR) is 96.2 cm³/mol. The molecule has 0 atom stereocenters. The molecule has 0 unspecified atom stereocenters. The third-order valence-electron chi connectivity index (χ3n) is 4.02. The molecule has 1 amide bonds. The lowest BCUT2D eigenvalue weighted by atomic mass is 10.1. The number of rotatable bonds is 10.